The van der Waals surface area contributed by atoms with Crippen LogP contribution in [0, 0.1) is 17.2 Å². The lowest BCUT2D eigenvalue weighted by atomic mass is 9.87. The zero-order valence-electron chi connectivity index (χ0n) is 16.0. The van der Waals surface area contributed by atoms with Crippen LogP contribution in [-0.4, -0.2) is 28.6 Å². The number of nitriles is 1. The van der Waals surface area contributed by atoms with E-state index in [2.05, 4.69) is 15.6 Å². The van der Waals surface area contributed by atoms with Gasteiger partial charge in [-0.25, -0.2) is 4.98 Å². The number of halogens is 3. The Morgan fingerprint density at radius 3 is 2.63 bits per heavy atom. The number of hydrogen-bond acceptors (Lipinski definition) is 5. The van der Waals surface area contributed by atoms with Crippen LogP contribution in [0.15, 0.2) is 36.5 Å². The van der Waals surface area contributed by atoms with E-state index in [1.807, 2.05) is 0 Å². The summed E-state index contributed by atoms with van der Waals surface area (Å²) in [6, 6.07) is 7.45. The number of hydrogen-bond donors (Lipinski definition) is 3. The molecule has 1 aromatic heterocycles. The minimum atomic E-state index is -4.64. The maximum Gasteiger partial charge on any atom is 0.416 e. The summed E-state index contributed by atoms with van der Waals surface area (Å²) >= 11 is 0. The number of rotatable bonds is 5. The van der Waals surface area contributed by atoms with E-state index in [-0.39, 0.29) is 22.9 Å². The van der Waals surface area contributed by atoms with Gasteiger partial charge in [0.15, 0.2) is 0 Å². The Morgan fingerprint density at radius 2 is 1.97 bits per heavy atom. The number of carbonyl (C=O) groups excluding carboxylic acids is 1. The Morgan fingerprint density at radius 1 is 1.23 bits per heavy atom. The van der Waals surface area contributed by atoms with Gasteiger partial charge in [-0.15, -0.1) is 0 Å². The summed E-state index contributed by atoms with van der Waals surface area (Å²) in [5.74, 6) is 0.0365. The zero-order chi connectivity index (χ0) is 21.7. The highest BCUT2D eigenvalue weighted by Gasteiger charge is 2.31. The number of nitrogens with zero attached hydrogens (tertiary/aromatic N) is 2. The highest BCUT2D eigenvalue weighted by atomic mass is 19.4. The number of carbonyl (C=O) groups is 1. The third kappa shape index (κ3) is 5.48. The highest BCUT2D eigenvalue weighted by molar-refractivity contribution is 6.07. The lowest BCUT2D eigenvalue weighted by Gasteiger charge is -2.25. The molecular formula is C21H21F3N4O2. The molecule has 3 rings (SSSR count). The average molecular weight is 418 g/mol. The fourth-order valence-corrected chi connectivity index (χ4v) is 3.45. The number of amides is 1. The van der Waals surface area contributed by atoms with E-state index < -0.39 is 17.6 Å². The lowest BCUT2D eigenvalue weighted by molar-refractivity contribution is -0.137. The summed E-state index contributed by atoms with van der Waals surface area (Å²) in [5, 5.41) is 24.2. The number of nitrogens with one attached hydrogen (secondary N) is 2. The van der Waals surface area contributed by atoms with E-state index in [0.29, 0.717) is 18.3 Å². The Balaban J connectivity index is 1.74. The van der Waals surface area contributed by atoms with Gasteiger partial charge in [0.2, 0.25) is 0 Å². The largest absolute Gasteiger partial charge is 0.416 e. The smallest absolute Gasteiger partial charge is 0.393 e. The standard InChI is InChI=1S/C21H21F3N4O2/c22-21(23,24)15-8-14(11-25)9-16(10-15)28-20(30)18-2-1-7-26-19(18)27-12-13-3-5-17(29)6-4-13/h1-2,7-10,13,17,29H,3-6,12H2,(H,26,27)(H,28,30). The van der Waals surface area contributed by atoms with E-state index in [0.717, 1.165) is 37.8 Å². The topological polar surface area (TPSA) is 98.0 Å². The minimum Gasteiger partial charge on any atom is -0.393 e. The quantitative estimate of drug-likeness (QED) is 0.677. The summed E-state index contributed by atoms with van der Waals surface area (Å²) in [4.78, 5) is 16.9. The number of aliphatic hydroxyl groups excluding tert-OH is 1. The summed E-state index contributed by atoms with van der Waals surface area (Å²) < 4.78 is 39.2. The van der Waals surface area contributed by atoms with E-state index in [4.69, 9.17) is 5.26 Å². The molecule has 1 aliphatic carbocycles. The van der Waals surface area contributed by atoms with Crippen molar-refractivity contribution in [2.45, 2.75) is 38.0 Å². The molecule has 1 fully saturated rings. The second-order valence-corrected chi connectivity index (χ2v) is 7.32. The molecule has 0 saturated heterocycles. The van der Waals surface area contributed by atoms with Crippen molar-refractivity contribution in [1.29, 1.82) is 5.26 Å². The molecule has 0 unspecified atom stereocenters. The van der Waals surface area contributed by atoms with Gasteiger partial charge < -0.3 is 15.7 Å². The molecule has 3 N–H and O–H groups in total. The van der Waals surface area contributed by atoms with Gasteiger partial charge in [-0.05, 0) is 61.9 Å². The van der Waals surface area contributed by atoms with Gasteiger partial charge in [0.25, 0.3) is 5.91 Å². The van der Waals surface area contributed by atoms with Crippen LogP contribution in [0.5, 0.6) is 0 Å². The van der Waals surface area contributed by atoms with Crippen LogP contribution in [0.4, 0.5) is 24.7 Å². The predicted octanol–water partition coefficient (Wildman–Crippen LogP) is 4.19. The van der Waals surface area contributed by atoms with Crippen LogP contribution >= 0.6 is 0 Å². The Kier molecular flexibility index (Phi) is 6.57. The van der Waals surface area contributed by atoms with Gasteiger partial charge in [0.05, 0.1) is 28.9 Å². The van der Waals surface area contributed by atoms with Crippen molar-refractivity contribution in [3.8, 4) is 6.07 Å². The van der Waals surface area contributed by atoms with Crippen molar-refractivity contribution in [2.24, 2.45) is 5.92 Å². The molecule has 1 aliphatic rings. The molecule has 9 heteroatoms. The minimum absolute atomic E-state index is 0.123. The van der Waals surface area contributed by atoms with Crippen LogP contribution in [-0.2, 0) is 6.18 Å². The van der Waals surface area contributed by atoms with Crippen LogP contribution in [0.2, 0.25) is 0 Å². The fourth-order valence-electron chi connectivity index (χ4n) is 3.45. The van der Waals surface area contributed by atoms with Gasteiger partial charge in [0.1, 0.15) is 5.82 Å². The molecule has 0 bridgehead atoms. The molecule has 0 radical (unpaired) electrons. The van der Waals surface area contributed by atoms with Crippen LogP contribution in [0.25, 0.3) is 0 Å². The van der Waals surface area contributed by atoms with Crippen molar-refractivity contribution in [1.82, 2.24) is 4.98 Å². The van der Waals surface area contributed by atoms with Crippen molar-refractivity contribution < 1.29 is 23.1 Å². The summed E-state index contributed by atoms with van der Waals surface area (Å²) in [6.07, 6.45) is -0.184. The second kappa shape index (κ2) is 9.13. The number of benzene rings is 1. The van der Waals surface area contributed by atoms with Crippen molar-refractivity contribution in [2.75, 3.05) is 17.2 Å². The Labute approximate surface area is 171 Å². The second-order valence-electron chi connectivity index (χ2n) is 7.32. The van der Waals surface area contributed by atoms with Gasteiger partial charge >= 0.3 is 6.18 Å². The molecule has 1 heterocycles. The number of alkyl halides is 3. The molecular weight excluding hydrogens is 397 g/mol. The first-order chi connectivity index (χ1) is 14.3. The number of aromatic nitrogens is 1. The molecule has 158 valence electrons. The summed E-state index contributed by atoms with van der Waals surface area (Å²) in [6.45, 7) is 0.576. The summed E-state index contributed by atoms with van der Waals surface area (Å²) in [5.41, 5.74) is -1.16. The molecule has 0 spiro atoms. The molecule has 1 amide bonds. The first-order valence-corrected chi connectivity index (χ1v) is 9.57. The maximum atomic E-state index is 13.1. The van der Waals surface area contributed by atoms with E-state index in [1.165, 1.54) is 18.3 Å². The first-order valence-electron chi connectivity index (χ1n) is 9.57. The molecule has 6 nitrogen and oxygen atoms in total. The highest BCUT2D eigenvalue weighted by Crippen LogP contribution is 2.32. The Bertz CT molecular complexity index is 948. The van der Waals surface area contributed by atoms with Crippen molar-refractivity contribution in [3.63, 3.8) is 0 Å². The Hall–Kier alpha value is -3.12. The van der Waals surface area contributed by atoms with E-state index in [1.54, 1.807) is 12.1 Å². The van der Waals surface area contributed by atoms with E-state index >= 15 is 0 Å². The van der Waals surface area contributed by atoms with Gasteiger partial charge in [-0.2, -0.15) is 18.4 Å². The first kappa shape index (κ1) is 21.6. The molecule has 1 aromatic carbocycles. The lowest BCUT2D eigenvalue weighted by Crippen LogP contribution is -2.25. The molecule has 1 saturated carbocycles. The van der Waals surface area contributed by atoms with Gasteiger partial charge in [-0.3, -0.25) is 4.79 Å². The molecule has 2 aromatic rings. The van der Waals surface area contributed by atoms with Crippen molar-refractivity contribution >= 4 is 17.4 Å². The third-order valence-corrected chi connectivity index (χ3v) is 5.07. The predicted molar refractivity (Wildman–Crippen MR) is 105 cm³/mol. The van der Waals surface area contributed by atoms with Gasteiger partial charge in [0, 0.05) is 18.4 Å². The number of anilines is 2. The van der Waals surface area contributed by atoms with Crippen LogP contribution < -0.4 is 10.6 Å². The van der Waals surface area contributed by atoms with Gasteiger partial charge in [-0.1, -0.05) is 0 Å². The summed E-state index contributed by atoms with van der Waals surface area (Å²) in [7, 11) is 0. The van der Waals surface area contributed by atoms with E-state index in [9.17, 15) is 23.1 Å². The molecule has 0 atom stereocenters. The SMILES string of the molecule is N#Cc1cc(NC(=O)c2cccnc2NCC2CCC(O)CC2)cc(C(F)(F)F)c1. The average Bonchev–Trinajstić information content (AvgIpc) is 2.72. The normalized spacial score (nSPS) is 19.0. The molecule has 30 heavy (non-hydrogen) atoms. The van der Waals surface area contributed by atoms with Crippen molar-refractivity contribution in [3.05, 3.63) is 53.2 Å². The monoisotopic (exact) mass is 418 g/mol. The van der Waals surface area contributed by atoms with Crippen LogP contribution in [0.3, 0.4) is 0 Å². The number of aliphatic hydroxyl groups is 1. The number of pyridine rings is 1. The maximum absolute atomic E-state index is 13.1. The fraction of sp³-hybridized carbons (Fsp3) is 0.381. The zero-order valence-corrected chi connectivity index (χ0v) is 16.0. The third-order valence-electron chi connectivity index (χ3n) is 5.07. The van der Waals surface area contributed by atoms with Crippen LogP contribution in [0.1, 0.15) is 47.2 Å². The molecule has 0 aliphatic heterocycles.